The van der Waals surface area contributed by atoms with Crippen molar-refractivity contribution in [1.29, 1.82) is 0 Å². The third-order valence-electron chi connectivity index (χ3n) is 4.24. The number of aryl methyl sites for hydroxylation is 1. The van der Waals surface area contributed by atoms with Gasteiger partial charge in [-0.25, -0.2) is 0 Å². The molecule has 1 aliphatic heterocycles. The van der Waals surface area contributed by atoms with Crippen molar-refractivity contribution in [3.8, 4) is 0 Å². The lowest BCUT2D eigenvalue weighted by atomic mass is 10.1. The molecule has 2 aromatic rings. The number of nitrogens with one attached hydrogen (secondary N) is 1. The zero-order chi connectivity index (χ0) is 14.7. The molecule has 1 unspecified atom stereocenters. The largest absolute Gasteiger partial charge is 0.378 e. The second-order valence-corrected chi connectivity index (χ2v) is 5.85. The Hall–Kier alpha value is -2.03. The van der Waals surface area contributed by atoms with Crippen molar-refractivity contribution in [3.05, 3.63) is 53.9 Å². The van der Waals surface area contributed by atoms with Crippen LogP contribution in [0.4, 0.5) is 11.4 Å². The van der Waals surface area contributed by atoms with Gasteiger partial charge in [-0.3, -0.25) is 4.98 Å². The molecule has 110 valence electrons. The molecule has 2 heterocycles. The molecule has 3 rings (SSSR count). The van der Waals surface area contributed by atoms with Crippen LogP contribution in [0.3, 0.4) is 0 Å². The van der Waals surface area contributed by atoms with Crippen molar-refractivity contribution in [1.82, 2.24) is 4.98 Å². The lowest BCUT2D eigenvalue weighted by Gasteiger charge is -2.21. The molecule has 0 bridgehead atoms. The van der Waals surface area contributed by atoms with Crippen molar-refractivity contribution >= 4 is 11.4 Å². The average molecular weight is 281 g/mol. The molecule has 3 nitrogen and oxygen atoms in total. The van der Waals surface area contributed by atoms with E-state index in [0.717, 1.165) is 0 Å². The highest BCUT2D eigenvalue weighted by Gasteiger charge is 2.13. The molecule has 1 aromatic heterocycles. The van der Waals surface area contributed by atoms with Crippen LogP contribution in [0.5, 0.6) is 0 Å². The van der Waals surface area contributed by atoms with Gasteiger partial charge >= 0.3 is 0 Å². The summed E-state index contributed by atoms with van der Waals surface area (Å²) in [5.41, 5.74) is 5.06. The fraction of sp³-hybridized carbons (Fsp3) is 0.389. The van der Waals surface area contributed by atoms with Crippen LogP contribution in [0.2, 0.25) is 0 Å². The number of hydrogen-bond donors (Lipinski definition) is 1. The molecule has 0 spiro atoms. The molecule has 0 radical (unpaired) electrons. The van der Waals surface area contributed by atoms with Gasteiger partial charge in [0, 0.05) is 36.9 Å². The highest BCUT2D eigenvalue weighted by molar-refractivity contribution is 5.61. The molecular formula is C18H23N3. The van der Waals surface area contributed by atoms with Gasteiger partial charge in [-0.2, -0.15) is 0 Å². The Balaban J connectivity index is 1.74. The van der Waals surface area contributed by atoms with E-state index >= 15 is 0 Å². The number of anilines is 2. The second-order valence-electron chi connectivity index (χ2n) is 5.85. The summed E-state index contributed by atoms with van der Waals surface area (Å²) in [4.78, 5) is 6.66. The Morgan fingerprint density at radius 2 is 2.00 bits per heavy atom. The molecule has 3 heteroatoms. The average Bonchev–Trinajstić information content (AvgIpc) is 3.04. The van der Waals surface area contributed by atoms with Crippen molar-refractivity contribution in [2.45, 2.75) is 32.7 Å². The Morgan fingerprint density at radius 3 is 2.67 bits per heavy atom. The molecule has 1 aliphatic rings. The third kappa shape index (κ3) is 3.18. The minimum absolute atomic E-state index is 0.259. The van der Waals surface area contributed by atoms with Crippen LogP contribution in [0.15, 0.2) is 42.7 Å². The van der Waals surface area contributed by atoms with E-state index in [0.29, 0.717) is 0 Å². The van der Waals surface area contributed by atoms with Crippen LogP contribution in [0, 0.1) is 6.92 Å². The van der Waals surface area contributed by atoms with Crippen LogP contribution >= 0.6 is 0 Å². The van der Waals surface area contributed by atoms with Gasteiger partial charge < -0.3 is 10.2 Å². The maximum atomic E-state index is 4.19. The van der Waals surface area contributed by atoms with E-state index in [-0.39, 0.29) is 6.04 Å². The summed E-state index contributed by atoms with van der Waals surface area (Å²) in [5.74, 6) is 0. The van der Waals surface area contributed by atoms with Gasteiger partial charge in [-0.1, -0.05) is 6.07 Å². The van der Waals surface area contributed by atoms with E-state index < -0.39 is 0 Å². The smallest absolute Gasteiger partial charge is 0.0500 e. The topological polar surface area (TPSA) is 28.2 Å². The Morgan fingerprint density at radius 1 is 1.19 bits per heavy atom. The molecule has 1 atom stereocenters. The first-order chi connectivity index (χ1) is 10.2. The minimum Gasteiger partial charge on any atom is -0.378 e. The normalized spacial score (nSPS) is 16.0. The van der Waals surface area contributed by atoms with Gasteiger partial charge in [-0.15, -0.1) is 0 Å². The van der Waals surface area contributed by atoms with Crippen LogP contribution in [-0.2, 0) is 0 Å². The number of pyridine rings is 1. The zero-order valence-corrected chi connectivity index (χ0v) is 12.8. The van der Waals surface area contributed by atoms with Gasteiger partial charge in [0.05, 0.1) is 6.04 Å². The van der Waals surface area contributed by atoms with Crippen LogP contribution in [0.25, 0.3) is 0 Å². The second kappa shape index (κ2) is 6.17. The van der Waals surface area contributed by atoms with Crippen molar-refractivity contribution in [2.75, 3.05) is 23.3 Å². The van der Waals surface area contributed by atoms with E-state index in [1.54, 1.807) is 0 Å². The molecule has 1 aromatic carbocycles. The van der Waals surface area contributed by atoms with Crippen LogP contribution < -0.4 is 10.2 Å². The van der Waals surface area contributed by atoms with Crippen LogP contribution in [-0.4, -0.2) is 18.1 Å². The summed E-state index contributed by atoms with van der Waals surface area (Å²) in [7, 11) is 0. The maximum absolute atomic E-state index is 4.19. The monoisotopic (exact) mass is 281 g/mol. The predicted molar refractivity (Wildman–Crippen MR) is 88.9 cm³/mol. The van der Waals surface area contributed by atoms with E-state index in [4.69, 9.17) is 0 Å². The number of nitrogens with zero attached hydrogens (tertiary/aromatic N) is 2. The molecule has 1 saturated heterocycles. The first-order valence-electron chi connectivity index (χ1n) is 7.76. The number of aromatic nitrogens is 1. The summed E-state index contributed by atoms with van der Waals surface area (Å²) < 4.78 is 0. The predicted octanol–water partition coefficient (Wildman–Crippen LogP) is 4.16. The lowest BCUT2D eigenvalue weighted by Crippen LogP contribution is -2.17. The fourth-order valence-corrected chi connectivity index (χ4v) is 2.93. The quantitative estimate of drug-likeness (QED) is 0.912. The Labute approximate surface area is 127 Å². The molecular weight excluding hydrogens is 258 g/mol. The standard InChI is InChI=1S/C18H23N3/c1-14-12-17(21-10-3-4-11-21)7-8-18(14)20-15(2)16-6-5-9-19-13-16/h5-9,12-13,15,20H,3-4,10-11H2,1-2H3. The van der Waals surface area contributed by atoms with Crippen LogP contribution in [0.1, 0.15) is 36.9 Å². The number of hydrogen-bond acceptors (Lipinski definition) is 3. The highest BCUT2D eigenvalue weighted by Crippen LogP contribution is 2.27. The van der Waals surface area contributed by atoms with Crippen molar-refractivity contribution in [3.63, 3.8) is 0 Å². The summed E-state index contributed by atoms with van der Waals surface area (Å²) in [6, 6.07) is 11.1. The fourth-order valence-electron chi connectivity index (χ4n) is 2.93. The third-order valence-corrected chi connectivity index (χ3v) is 4.24. The molecule has 0 amide bonds. The lowest BCUT2D eigenvalue weighted by molar-refractivity contribution is 0.873. The van der Waals surface area contributed by atoms with Gasteiger partial charge in [0.15, 0.2) is 0 Å². The summed E-state index contributed by atoms with van der Waals surface area (Å²) >= 11 is 0. The van der Waals surface area contributed by atoms with Gasteiger partial charge in [0.2, 0.25) is 0 Å². The SMILES string of the molecule is Cc1cc(N2CCCC2)ccc1NC(C)c1cccnc1. The first-order valence-corrected chi connectivity index (χ1v) is 7.76. The first kappa shape index (κ1) is 13.9. The van der Waals surface area contributed by atoms with E-state index in [9.17, 15) is 0 Å². The molecule has 21 heavy (non-hydrogen) atoms. The summed E-state index contributed by atoms with van der Waals surface area (Å²) in [5, 5.41) is 3.59. The van der Waals surface area contributed by atoms with Crippen molar-refractivity contribution in [2.24, 2.45) is 0 Å². The van der Waals surface area contributed by atoms with Gasteiger partial charge in [0.1, 0.15) is 0 Å². The molecule has 1 N–H and O–H groups in total. The van der Waals surface area contributed by atoms with E-state index in [2.05, 4.69) is 53.3 Å². The molecule has 0 saturated carbocycles. The van der Waals surface area contributed by atoms with E-state index in [1.165, 1.54) is 48.4 Å². The van der Waals surface area contributed by atoms with Crippen molar-refractivity contribution < 1.29 is 0 Å². The van der Waals surface area contributed by atoms with Gasteiger partial charge in [-0.05, 0) is 62.1 Å². The maximum Gasteiger partial charge on any atom is 0.0500 e. The zero-order valence-electron chi connectivity index (χ0n) is 12.8. The highest BCUT2D eigenvalue weighted by atomic mass is 15.1. The summed E-state index contributed by atoms with van der Waals surface area (Å²) in [6.07, 6.45) is 6.37. The minimum atomic E-state index is 0.259. The number of benzene rings is 1. The molecule has 1 fully saturated rings. The van der Waals surface area contributed by atoms with E-state index in [1.807, 2.05) is 18.5 Å². The molecule has 0 aliphatic carbocycles. The van der Waals surface area contributed by atoms with Gasteiger partial charge in [0.25, 0.3) is 0 Å². The number of rotatable bonds is 4. The Kier molecular flexibility index (Phi) is 4.09. The Bertz CT molecular complexity index is 589. The summed E-state index contributed by atoms with van der Waals surface area (Å²) in [6.45, 7) is 6.74.